The molecule has 0 aromatic carbocycles. The van der Waals surface area contributed by atoms with Crippen molar-refractivity contribution >= 4 is 17.8 Å². The summed E-state index contributed by atoms with van der Waals surface area (Å²) in [4.78, 5) is 42.4. The Balaban J connectivity index is 1.75. The second-order valence-electron chi connectivity index (χ2n) is 7.27. The molecular formula is C18H33N5O3. The predicted octanol–water partition coefficient (Wildman–Crippen LogP) is 0.239. The molecule has 2 aliphatic rings. The van der Waals surface area contributed by atoms with Crippen molar-refractivity contribution in [3.63, 3.8) is 0 Å². The third-order valence-corrected chi connectivity index (χ3v) is 5.39. The summed E-state index contributed by atoms with van der Waals surface area (Å²) < 4.78 is 0. The van der Waals surface area contributed by atoms with Crippen LogP contribution in [0.4, 0.5) is 4.79 Å². The number of piperidine rings is 1. The molecule has 2 heterocycles. The Kier molecular flexibility index (Phi) is 7.84. The smallest absolute Gasteiger partial charge is 0.321 e. The van der Waals surface area contributed by atoms with E-state index in [-0.39, 0.29) is 17.9 Å². The van der Waals surface area contributed by atoms with Gasteiger partial charge in [-0.05, 0) is 40.0 Å². The van der Waals surface area contributed by atoms with Crippen LogP contribution in [0.2, 0.25) is 0 Å². The monoisotopic (exact) mass is 367 g/mol. The molecule has 4 amide bonds. The Bertz CT molecular complexity index is 505. The lowest BCUT2D eigenvalue weighted by Crippen LogP contribution is -2.57. The Morgan fingerprint density at radius 3 is 2.38 bits per heavy atom. The minimum Gasteiger partial charge on any atom is -0.339 e. The molecule has 0 aromatic rings. The summed E-state index contributed by atoms with van der Waals surface area (Å²) in [6.45, 7) is 10.5. The molecule has 2 rings (SSSR count). The molecule has 8 nitrogen and oxygen atoms in total. The first-order valence-corrected chi connectivity index (χ1v) is 9.77. The number of carbonyl (C=O) groups is 3. The fourth-order valence-corrected chi connectivity index (χ4v) is 3.65. The highest BCUT2D eigenvalue weighted by Crippen LogP contribution is 2.17. The van der Waals surface area contributed by atoms with Gasteiger partial charge in [0.25, 0.3) is 0 Å². The first-order valence-electron chi connectivity index (χ1n) is 9.77. The van der Waals surface area contributed by atoms with E-state index in [0.29, 0.717) is 32.2 Å². The van der Waals surface area contributed by atoms with Gasteiger partial charge in [-0.25, -0.2) is 4.79 Å². The van der Waals surface area contributed by atoms with Gasteiger partial charge in [-0.3, -0.25) is 24.7 Å². The molecule has 0 unspecified atom stereocenters. The molecule has 26 heavy (non-hydrogen) atoms. The quantitative estimate of drug-likeness (QED) is 0.727. The van der Waals surface area contributed by atoms with Crippen LogP contribution in [-0.4, -0.2) is 90.4 Å². The number of nitrogens with zero attached hydrogens (tertiary/aromatic N) is 3. The van der Waals surface area contributed by atoms with Gasteiger partial charge in [-0.15, -0.1) is 0 Å². The standard InChI is InChI=1S/C18H33N5O3/c1-4-19-18(26)20-17(25)15(3)22-11-9-21(10-12-22)13-16(24)23-8-6-5-7-14(23)2/h14-15H,4-13H2,1-3H3,(H2,19,20,25,26)/t14-,15+/m0/s1. The molecule has 0 radical (unpaired) electrons. The number of hydrogen-bond donors (Lipinski definition) is 2. The van der Waals surface area contributed by atoms with Crippen LogP contribution < -0.4 is 10.6 Å². The lowest BCUT2D eigenvalue weighted by Gasteiger charge is -2.39. The fourth-order valence-electron chi connectivity index (χ4n) is 3.65. The zero-order chi connectivity index (χ0) is 19.1. The first-order chi connectivity index (χ1) is 12.4. The number of hydrogen-bond acceptors (Lipinski definition) is 5. The summed E-state index contributed by atoms with van der Waals surface area (Å²) in [5.74, 6) is -0.0738. The van der Waals surface area contributed by atoms with Crippen LogP contribution in [0.3, 0.4) is 0 Å². The SMILES string of the molecule is CCNC(=O)NC(=O)[C@@H](C)N1CCN(CC(=O)N2CCCC[C@@H]2C)CC1. The Morgan fingerprint density at radius 1 is 1.08 bits per heavy atom. The van der Waals surface area contributed by atoms with Crippen LogP contribution in [-0.2, 0) is 9.59 Å². The van der Waals surface area contributed by atoms with Gasteiger partial charge in [0.15, 0.2) is 0 Å². The average Bonchev–Trinajstić information content (AvgIpc) is 2.62. The van der Waals surface area contributed by atoms with Gasteiger partial charge in [0.2, 0.25) is 11.8 Å². The van der Waals surface area contributed by atoms with Gasteiger partial charge in [-0.1, -0.05) is 0 Å². The van der Waals surface area contributed by atoms with Crippen molar-refractivity contribution in [3.05, 3.63) is 0 Å². The van der Waals surface area contributed by atoms with Crippen LogP contribution in [0.1, 0.15) is 40.0 Å². The van der Waals surface area contributed by atoms with Gasteiger partial charge in [0.05, 0.1) is 12.6 Å². The largest absolute Gasteiger partial charge is 0.339 e. The van der Waals surface area contributed by atoms with Crippen molar-refractivity contribution in [2.75, 3.05) is 45.8 Å². The molecule has 2 fully saturated rings. The lowest BCUT2D eigenvalue weighted by molar-refractivity contribution is -0.136. The number of nitrogens with one attached hydrogen (secondary N) is 2. The highest BCUT2D eigenvalue weighted by molar-refractivity contribution is 5.96. The third kappa shape index (κ3) is 5.67. The maximum absolute atomic E-state index is 12.5. The minimum atomic E-state index is -0.454. The van der Waals surface area contributed by atoms with E-state index in [1.807, 2.05) is 11.8 Å². The van der Waals surface area contributed by atoms with E-state index >= 15 is 0 Å². The Hall–Kier alpha value is -1.67. The summed E-state index contributed by atoms with van der Waals surface area (Å²) in [6, 6.07) is -0.475. The molecule has 148 valence electrons. The zero-order valence-corrected chi connectivity index (χ0v) is 16.3. The van der Waals surface area contributed by atoms with E-state index in [1.54, 1.807) is 6.92 Å². The number of likely N-dealkylation sites (tertiary alicyclic amines) is 1. The van der Waals surface area contributed by atoms with Crippen molar-refractivity contribution in [2.24, 2.45) is 0 Å². The van der Waals surface area contributed by atoms with E-state index in [4.69, 9.17) is 0 Å². The molecule has 0 aliphatic carbocycles. The highest BCUT2D eigenvalue weighted by Gasteiger charge is 2.29. The number of amides is 4. The van der Waals surface area contributed by atoms with Crippen LogP contribution >= 0.6 is 0 Å². The van der Waals surface area contributed by atoms with Gasteiger partial charge < -0.3 is 10.2 Å². The van der Waals surface area contributed by atoms with Crippen LogP contribution in [0.15, 0.2) is 0 Å². The molecule has 2 atom stereocenters. The number of piperazine rings is 1. The molecular weight excluding hydrogens is 334 g/mol. The van der Waals surface area contributed by atoms with Crippen molar-refractivity contribution < 1.29 is 14.4 Å². The minimum absolute atomic E-state index is 0.215. The zero-order valence-electron chi connectivity index (χ0n) is 16.3. The van der Waals surface area contributed by atoms with Crippen molar-refractivity contribution in [2.45, 2.75) is 52.1 Å². The molecule has 0 saturated carbocycles. The molecule has 0 aromatic heterocycles. The molecule has 2 saturated heterocycles. The maximum Gasteiger partial charge on any atom is 0.321 e. The number of urea groups is 1. The Labute approximate surface area is 156 Å². The van der Waals surface area contributed by atoms with Gasteiger partial charge in [0, 0.05) is 45.3 Å². The number of rotatable bonds is 5. The topological polar surface area (TPSA) is 85.0 Å². The molecule has 0 bridgehead atoms. The molecule has 8 heteroatoms. The van der Waals surface area contributed by atoms with Crippen LogP contribution in [0.5, 0.6) is 0 Å². The van der Waals surface area contributed by atoms with Crippen LogP contribution in [0.25, 0.3) is 0 Å². The third-order valence-electron chi connectivity index (χ3n) is 5.39. The van der Waals surface area contributed by atoms with Crippen molar-refractivity contribution in [1.29, 1.82) is 0 Å². The van der Waals surface area contributed by atoms with Gasteiger partial charge >= 0.3 is 6.03 Å². The van der Waals surface area contributed by atoms with E-state index in [0.717, 1.165) is 32.5 Å². The predicted molar refractivity (Wildman–Crippen MR) is 99.7 cm³/mol. The first kappa shape index (κ1) is 20.6. The van der Waals surface area contributed by atoms with Crippen molar-refractivity contribution in [1.82, 2.24) is 25.3 Å². The molecule has 0 spiro atoms. The lowest BCUT2D eigenvalue weighted by atomic mass is 10.0. The average molecular weight is 367 g/mol. The van der Waals surface area contributed by atoms with E-state index in [1.165, 1.54) is 6.42 Å². The molecule has 2 aliphatic heterocycles. The highest BCUT2D eigenvalue weighted by atomic mass is 16.2. The fraction of sp³-hybridized carbons (Fsp3) is 0.833. The number of carbonyl (C=O) groups excluding carboxylic acids is 3. The second kappa shape index (κ2) is 9.87. The second-order valence-corrected chi connectivity index (χ2v) is 7.27. The van der Waals surface area contributed by atoms with E-state index < -0.39 is 6.03 Å². The van der Waals surface area contributed by atoms with Gasteiger partial charge in [0.1, 0.15) is 0 Å². The van der Waals surface area contributed by atoms with E-state index in [2.05, 4.69) is 27.4 Å². The summed E-state index contributed by atoms with van der Waals surface area (Å²) in [7, 11) is 0. The van der Waals surface area contributed by atoms with E-state index in [9.17, 15) is 14.4 Å². The summed E-state index contributed by atoms with van der Waals surface area (Å²) in [5, 5.41) is 4.92. The number of imide groups is 1. The van der Waals surface area contributed by atoms with Crippen LogP contribution in [0, 0.1) is 0 Å². The normalized spacial score (nSPS) is 23.3. The maximum atomic E-state index is 12.5. The van der Waals surface area contributed by atoms with Crippen molar-refractivity contribution in [3.8, 4) is 0 Å². The Morgan fingerprint density at radius 2 is 1.77 bits per heavy atom. The van der Waals surface area contributed by atoms with Gasteiger partial charge in [-0.2, -0.15) is 0 Å². The molecule has 2 N–H and O–H groups in total. The summed E-state index contributed by atoms with van der Waals surface area (Å²) >= 11 is 0. The summed E-state index contributed by atoms with van der Waals surface area (Å²) in [6.07, 6.45) is 3.40. The summed E-state index contributed by atoms with van der Waals surface area (Å²) in [5.41, 5.74) is 0.